The largest absolute Gasteiger partial charge is 0.388 e. The number of aliphatic hydroxyl groups is 1. The number of aliphatic hydroxyl groups excluding tert-OH is 1. The molecule has 2 rings (SSSR count). The van der Waals surface area contributed by atoms with Crippen molar-refractivity contribution in [2.24, 2.45) is 0 Å². The highest BCUT2D eigenvalue weighted by Crippen LogP contribution is 2.38. The molecule has 1 nitrogen and oxygen atoms in total. The third kappa shape index (κ3) is 1.56. The van der Waals surface area contributed by atoms with Gasteiger partial charge in [0.15, 0.2) is 0 Å². The lowest BCUT2D eigenvalue weighted by Gasteiger charge is -2.20. The normalized spacial score (nSPS) is 21.3. The van der Waals surface area contributed by atoms with Crippen LogP contribution in [0.1, 0.15) is 18.1 Å². The molecule has 1 aromatic rings. The molecule has 4 heteroatoms. The standard InChI is InChI=1S/C9H8F2OS/c10-5-3-6-8(12)1-2-13-9(6)7(11)4-5/h3-4,8,12H,1-2H2. The van der Waals surface area contributed by atoms with E-state index in [1.165, 1.54) is 17.8 Å². The second-order valence-corrected chi connectivity index (χ2v) is 4.06. The van der Waals surface area contributed by atoms with Crippen molar-refractivity contribution in [3.63, 3.8) is 0 Å². The van der Waals surface area contributed by atoms with Gasteiger partial charge >= 0.3 is 0 Å². The lowest BCUT2D eigenvalue weighted by atomic mass is 10.1. The van der Waals surface area contributed by atoms with Crippen molar-refractivity contribution < 1.29 is 13.9 Å². The molecule has 13 heavy (non-hydrogen) atoms. The van der Waals surface area contributed by atoms with Gasteiger partial charge in [-0.05, 0) is 18.1 Å². The van der Waals surface area contributed by atoms with Gasteiger partial charge in [-0.15, -0.1) is 11.8 Å². The second kappa shape index (κ2) is 3.27. The Morgan fingerprint density at radius 2 is 2.15 bits per heavy atom. The van der Waals surface area contributed by atoms with Crippen LogP contribution >= 0.6 is 11.8 Å². The van der Waals surface area contributed by atoms with Crippen molar-refractivity contribution >= 4 is 11.8 Å². The van der Waals surface area contributed by atoms with Crippen LogP contribution < -0.4 is 0 Å². The quantitative estimate of drug-likeness (QED) is 0.697. The maximum atomic E-state index is 13.1. The fraction of sp³-hybridized carbons (Fsp3) is 0.333. The van der Waals surface area contributed by atoms with Gasteiger partial charge in [0.2, 0.25) is 0 Å². The summed E-state index contributed by atoms with van der Waals surface area (Å²) in [6.45, 7) is 0. The predicted molar refractivity (Wildman–Crippen MR) is 46.7 cm³/mol. The molecule has 0 aromatic heterocycles. The lowest BCUT2D eigenvalue weighted by molar-refractivity contribution is 0.168. The molecule has 70 valence electrons. The van der Waals surface area contributed by atoms with Gasteiger partial charge < -0.3 is 5.11 Å². The highest BCUT2D eigenvalue weighted by molar-refractivity contribution is 7.99. The first-order valence-electron chi connectivity index (χ1n) is 3.98. The zero-order chi connectivity index (χ0) is 9.42. The van der Waals surface area contributed by atoms with Crippen LogP contribution in [0, 0.1) is 11.6 Å². The van der Waals surface area contributed by atoms with E-state index >= 15 is 0 Å². The van der Waals surface area contributed by atoms with Crippen LogP contribution in [0.25, 0.3) is 0 Å². The zero-order valence-corrected chi connectivity index (χ0v) is 7.57. The van der Waals surface area contributed by atoms with E-state index in [4.69, 9.17) is 0 Å². The highest BCUT2D eigenvalue weighted by Gasteiger charge is 2.22. The minimum atomic E-state index is -0.721. The number of fused-ring (bicyclic) bond motifs is 1. The van der Waals surface area contributed by atoms with Crippen molar-refractivity contribution in [2.75, 3.05) is 5.75 Å². The molecule has 0 saturated heterocycles. The summed E-state index contributed by atoms with van der Waals surface area (Å²) in [6, 6.07) is 2.05. The Balaban J connectivity index is 2.56. The van der Waals surface area contributed by atoms with Gasteiger partial charge in [-0.1, -0.05) is 0 Å². The Bertz CT molecular complexity index is 341. The fourth-order valence-electron chi connectivity index (χ4n) is 1.41. The summed E-state index contributed by atoms with van der Waals surface area (Å²) in [5, 5.41) is 9.46. The topological polar surface area (TPSA) is 20.2 Å². The molecular weight excluding hydrogens is 194 g/mol. The Morgan fingerprint density at radius 1 is 1.38 bits per heavy atom. The third-order valence-electron chi connectivity index (χ3n) is 2.03. The number of hydrogen-bond donors (Lipinski definition) is 1. The summed E-state index contributed by atoms with van der Waals surface area (Å²) in [7, 11) is 0. The minimum absolute atomic E-state index is 0.383. The Hall–Kier alpha value is -0.610. The molecule has 0 spiro atoms. The number of thioether (sulfide) groups is 1. The summed E-state index contributed by atoms with van der Waals surface area (Å²) in [6.07, 6.45) is -0.165. The molecule has 0 fully saturated rings. The molecule has 1 unspecified atom stereocenters. The smallest absolute Gasteiger partial charge is 0.140 e. The van der Waals surface area contributed by atoms with Crippen LogP contribution in [0.15, 0.2) is 17.0 Å². The van der Waals surface area contributed by atoms with Crippen LogP contribution in [-0.4, -0.2) is 10.9 Å². The summed E-state index contributed by atoms with van der Waals surface area (Å²) < 4.78 is 25.9. The van der Waals surface area contributed by atoms with E-state index in [0.29, 0.717) is 22.6 Å². The van der Waals surface area contributed by atoms with Crippen molar-refractivity contribution in [2.45, 2.75) is 17.4 Å². The molecule has 1 aliphatic heterocycles. The van der Waals surface area contributed by atoms with E-state index in [9.17, 15) is 13.9 Å². The molecular formula is C9H8F2OS. The van der Waals surface area contributed by atoms with Crippen LogP contribution in [0.4, 0.5) is 8.78 Å². The van der Waals surface area contributed by atoms with E-state index in [1.807, 2.05) is 0 Å². The molecule has 1 atom stereocenters. The average molecular weight is 202 g/mol. The van der Waals surface area contributed by atoms with Gasteiger partial charge in [0.1, 0.15) is 11.6 Å². The van der Waals surface area contributed by atoms with Crippen LogP contribution in [0.3, 0.4) is 0 Å². The molecule has 1 heterocycles. The molecule has 1 N–H and O–H groups in total. The summed E-state index contributed by atoms with van der Waals surface area (Å²) >= 11 is 1.33. The molecule has 0 saturated carbocycles. The maximum absolute atomic E-state index is 13.1. The molecule has 0 aliphatic carbocycles. The average Bonchev–Trinajstić information content (AvgIpc) is 2.07. The van der Waals surface area contributed by atoms with Gasteiger partial charge in [-0.3, -0.25) is 0 Å². The maximum Gasteiger partial charge on any atom is 0.140 e. The van der Waals surface area contributed by atoms with Gasteiger partial charge in [0.05, 0.1) is 6.10 Å². The monoisotopic (exact) mass is 202 g/mol. The molecule has 0 bridgehead atoms. The van der Waals surface area contributed by atoms with Gasteiger partial charge in [0.25, 0.3) is 0 Å². The highest BCUT2D eigenvalue weighted by atomic mass is 32.2. The van der Waals surface area contributed by atoms with E-state index in [-0.39, 0.29) is 0 Å². The number of hydrogen-bond acceptors (Lipinski definition) is 2. The summed E-state index contributed by atoms with van der Waals surface area (Å²) in [4.78, 5) is 0.389. The van der Waals surface area contributed by atoms with Crippen molar-refractivity contribution in [3.05, 3.63) is 29.3 Å². The predicted octanol–water partition coefficient (Wildman–Crippen LogP) is 2.49. The van der Waals surface area contributed by atoms with Gasteiger partial charge in [0, 0.05) is 16.7 Å². The van der Waals surface area contributed by atoms with Crippen molar-refractivity contribution in [3.8, 4) is 0 Å². The van der Waals surface area contributed by atoms with E-state index in [0.717, 1.165) is 6.07 Å². The molecule has 0 amide bonds. The minimum Gasteiger partial charge on any atom is -0.388 e. The third-order valence-corrected chi connectivity index (χ3v) is 3.19. The SMILES string of the molecule is OC1CCSc2c(F)cc(F)cc21. The van der Waals surface area contributed by atoms with Crippen LogP contribution in [-0.2, 0) is 0 Å². The Morgan fingerprint density at radius 3 is 2.92 bits per heavy atom. The van der Waals surface area contributed by atoms with E-state index in [1.54, 1.807) is 0 Å². The Labute approximate surface area is 78.8 Å². The summed E-state index contributed by atoms with van der Waals surface area (Å²) in [5.74, 6) is -0.520. The first-order chi connectivity index (χ1) is 6.18. The summed E-state index contributed by atoms with van der Waals surface area (Å²) in [5.41, 5.74) is 0.383. The first-order valence-corrected chi connectivity index (χ1v) is 4.97. The second-order valence-electron chi connectivity index (χ2n) is 2.96. The van der Waals surface area contributed by atoms with Crippen LogP contribution in [0.5, 0.6) is 0 Å². The van der Waals surface area contributed by atoms with Crippen molar-refractivity contribution in [1.82, 2.24) is 0 Å². The molecule has 1 aliphatic rings. The number of halogens is 2. The first kappa shape index (κ1) is 8.97. The molecule has 1 aromatic carbocycles. The van der Waals surface area contributed by atoms with Gasteiger partial charge in [-0.25, -0.2) is 8.78 Å². The number of benzene rings is 1. The van der Waals surface area contributed by atoms with E-state index < -0.39 is 17.7 Å². The van der Waals surface area contributed by atoms with E-state index in [2.05, 4.69) is 0 Å². The zero-order valence-electron chi connectivity index (χ0n) is 6.76. The lowest BCUT2D eigenvalue weighted by Crippen LogP contribution is -2.08. The van der Waals surface area contributed by atoms with Crippen LogP contribution in [0.2, 0.25) is 0 Å². The molecule has 0 radical (unpaired) electrons. The Kier molecular flexibility index (Phi) is 2.26. The van der Waals surface area contributed by atoms with Gasteiger partial charge in [-0.2, -0.15) is 0 Å². The van der Waals surface area contributed by atoms with Crippen molar-refractivity contribution in [1.29, 1.82) is 0 Å². The fourth-order valence-corrected chi connectivity index (χ4v) is 2.51. The number of rotatable bonds is 0.